The van der Waals surface area contributed by atoms with Gasteiger partial charge in [0.1, 0.15) is 0 Å². The van der Waals surface area contributed by atoms with Gasteiger partial charge >= 0.3 is 0 Å². The number of amides is 2. The van der Waals surface area contributed by atoms with Crippen LogP contribution in [0, 0.1) is 10.1 Å². The number of non-ortho nitro benzene ring substituents is 1. The lowest BCUT2D eigenvalue weighted by Crippen LogP contribution is -2.27. The van der Waals surface area contributed by atoms with Crippen LogP contribution in [0.1, 0.15) is 21.5 Å². The Morgan fingerprint density at radius 1 is 0.968 bits per heavy atom. The molecular formula is C24H21N3O4. The molecule has 1 N–H and O–H groups in total. The van der Waals surface area contributed by atoms with E-state index in [0.29, 0.717) is 23.4 Å². The van der Waals surface area contributed by atoms with Crippen LogP contribution in [0.3, 0.4) is 0 Å². The summed E-state index contributed by atoms with van der Waals surface area (Å²) in [5, 5.41) is 13.4. The Labute approximate surface area is 179 Å². The van der Waals surface area contributed by atoms with Crippen molar-refractivity contribution in [2.45, 2.75) is 6.54 Å². The molecule has 0 saturated carbocycles. The van der Waals surface area contributed by atoms with E-state index < -0.39 is 10.8 Å². The summed E-state index contributed by atoms with van der Waals surface area (Å²) in [6, 6.07) is 22.3. The Balaban J connectivity index is 1.68. The topological polar surface area (TPSA) is 92.6 Å². The normalized spacial score (nSPS) is 10.6. The van der Waals surface area contributed by atoms with E-state index in [4.69, 9.17) is 0 Å². The van der Waals surface area contributed by atoms with Gasteiger partial charge in [-0.3, -0.25) is 19.7 Å². The van der Waals surface area contributed by atoms with Crippen LogP contribution in [-0.4, -0.2) is 28.7 Å². The fraction of sp³-hybridized carbons (Fsp3) is 0.0833. The van der Waals surface area contributed by atoms with Gasteiger partial charge in [-0.1, -0.05) is 42.5 Å². The molecule has 3 rings (SSSR count). The van der Waals surface area contributed by atoms with Gasteiger partial charge in [0, 0.05) is 31.8 Å². The van der Waals surface area contributed by atoms with E-state index in [1.807, 2.05) is 30.3 Å². The summed E-state index contributed by atoms with van der Waals surface area (Å²) in [7, 11) is 1.71. The maximum Gasteiger partial charge on any atom is 0.269 e. The Morgan fingerprint density at radius 3 is 2.29 bits per heavy atom. The maximum absolute atomic E-state index is 12.9. The second-order valence-electron chi connectivity index (χ2n) is 6.86. The molecule has 31 heavy (non-hydrogen) atoms. The highest BCUT2D eigenvalue weighted by Gasteiger charge is 2.16. The monoisotopic (exact) mass is 415 g/mol. The molecule has 0 aliphatic rings. The van der Waals surface area contributed by atoms with E-state index >= 15 is 0 Å². The van der Waals surface area contributed by atoms with Gasteiger partial charge in [-0.05, 0) is 41.5 Å². The number of carbonyl (C=O) groups is 2. The third-order valence-electron chi connectivity index (χ3n) is 4.56. The minimum atomic E-state index is -0.483. The van der Waals surface area contributed by atoms with Crippen molar-refractivity contribution >= 4 is 29.3 Å². The molecule has 0 radical (unpaired) electrons. The molecule has 7 heteroatoms. The van der Waals surface area contributed by atoms with Crippen LogP contribution >= 0.6 is 0 Å². The zero-order valence-electron chi connectivity index (χ0n) is 16.9. The molecule has 7 nitrogen and oxygen atoms in total. The van der Waals surface area contributed by atoms with Crippen LogP contribution in [0.2, 0.25) is 0 Å². The van der Waals surface area contributed by atoms with Gasteiger partial charge in [-0.25, -0.2) is 0 Å². The summed E-state index contributed by atoms with van der Waals surface area (Å²) in [5.41, 5.74) is 2.43. The number of hydrogen-bond donors (Lipinski definition) is 1. The van der Waals surface area contributed by atoms with E-state index in [2.05, 4.69) is 5.32 Å². The van der Waals surface area contributed by atoms with Crippen molar-refractivity contribution in [1.29, 1.82) is 0 Å². The van der Waals surface area contributed by atoms with Gasteiger partial charge in [0.05, 0.1) is 16.2 Å². The van der Waals surface area contributed by atoms with Crippen LogP contribution in [0.15, 0.2) is 84.9 Å². The summed E-state index contributed by atoms with van der Waals surface area (Å²) in [6.45, 7) is 0.446. The molecule has 0 atom stereocenters. The minimum Gasteiger partial charge on any atom is -0.337 e. The number of para-hydroxylation sites is 1. The van der Waals surface area contributed by atoms with Gasteiger partial charge in [-0.15, -0.1) is 0 Å². The second-order valence-corrected chi connectivity index (χ2v) is 6.86. The number of nitro benzene ring substituents is 1. The standard InChI is InChI=1S/C24H21N3O4/c1-26(17-19-7-3-2-4-8-19)24(29)21-9-5-6-10-22(21)25-23(28)16-13-18-11-14-20(15-12-18)27(30)31/h2-16H,17H2,1H3,(H,25,28)/b16-13+. The van der Waals surface area contributed by atoms with Crippen LogP contribution in [0.5, 0.6) is 0 Å². The molecule has 3 aromatic carbocycles. The van der Waals surface area contributed by atoms with Gasteiger partial charge in [-0.2, -0.15) is 0 Å². The zero-order valence-corrected chi connectivity index (χ0v) is 16.9. The molecule has 0 saturated heterocycles. The second kappa shape index (κ2) is 9.98. The molecule has 0 bridgehead atoms. The van der Waals surface area contributed by atoms with Crippen molar-refractivity contribution in [1.82, 2.24) is 4.90 Å². The number of rotatable bonds is 7. The van der Waals surface area contributed by atoms with Crippen LogP contribution in [0.4, 0.5) is 11.4 Å². The number of hydrogen-bond acceptors (Lipinski definition) is 4. The quantitative estimate of drug-likeness (QED) is 0.349. The van der Waals surface area contributed by atoms with Crippen LogP contribution in [0.25, 0.3) is 6.08 Å². The average molecular weight is 415 g/mol. The molecule has 3 aromatic rings. The molecule has 0 aromatic heterocycles. The predicted molar refractivity (Wildman–Crippen MR) is 119 cm³/mol. The number of anilines is 1. The first-order valence-corrected chi connectivity index (χ1v) is 9.56. The van der Waals surface area contributed by atoms with Crippen molar-refractivity contribution < 1.29 is 14.5 Å². The third-order valence-corrected chi connectivity index (χ3v) is 4.56. The summed E-state index contributed by atoms with van der Waals surface area (Å²) >= 11 is 0. The van der Waals surface area contributed by atoms with Crippen molar-refractivity contribution in [3.8, 4) is 0 Å². The molecule has 156 valence electrons. The van der Waals surface area contributed by atoms with Crippen molar-refractivity contribution in [3.05, 3.63) is 112 Å². The van der Waals surface area contributed by atoms with Crippen molar-refractivity contribution in [2.75, 3.05) is 12.4 Å². The number of nitrogens with one attached hydrogen (secondary N) is 1. The van der Waals surface area contributed by atoms with Crippen LogP contribution in [-0.2, 0) is 11.3 Å². The number of nitro groups is 1. The first-order valence-electron chi connectivity index (χ1n) is 9.56. The van der Waals surface area contributed by atoms with Gasteiger partial charge < -0.3 is 10.2 Å². The summed E-state index contributed by atoms with van der Waals surface area (Å²) in [4.78, 5) is 37.1. The zero-order chi connectivity index (χ0) is 22.2. The molecule has 0 fully saturated rings. The summed E-state index contributed by atoms with van der Waals surface area (Å²) < 4.78 is 0. The molecule has 0 heterocycles. The Bertz CT molecular complexity index is 1110. The lowest BCUT2D eigenvalue weighted by molar-refractivity contribution is -0.384. The van der Waals surface area contributed by atoms with Gasteiger partial charge in [0.25, 0.3) is 11.6 Å². The lowest BCUT2D eigenvalue weighted by atomic mass is 10.1. The third kappa shape index (κ3) is 5.86. The molecule has 2 amide bonds. The van der Waals surface area contributed by atoms with E-state index in [1.54, 1.807) is 54.4 Å². The van der Waals surface area contributed by atoms with Gasteiger partial charge in [0.15, 0.2) is 0 Å². The van der Waals surface area contributed by atoms with Crippen LogP contribution < -0.4 is 5.32 Å². The number of carbonyl (C=O) groups excluding carboxylic acids is 2. The Morgan fingerprint density at radius 2 is 1.61 bits per heavy atom. The molecule has 0 aliphatic carbocycles. The van der Waals surface area contributed by atoms with E-state index in [0.717, 1.165) is 5.56 Å². The number of nitrogens with zero attached hydrogens (tertiary/aromatic N) is 2. The smallest absolute Gasteiger partial charge is 0.269 e. The highest BCUT2D eigenvalue weighted by atomic mass is 16.6. The predicted octanol–water partition coefficient (Wildman–Crippen LogP) is 4.52. The fourth-order valence-corrected chi connectivity index (χ4v) is 2.97. The van der Waals surface area contributed by atoms with E-state index in [1.165, 1.54) is 18.2 Å². The lowest BCUT2D eigenvalue weighted by Gasteiger charge is -2.19. The maximum atomic E-state index is 12.9. The average Bonchev–Trinajstić information content (AvgIpc) is 2.78. The van der Waals surface area contributed by atoms with E-state index in [-0.39, 0.29) is 11.6 Å². The SMILES string of the molecule is CN(Cc1ccccc1)C(=O)c1ccccc1NC(=O)/C=C/c1ccc([N+](=O)[O-])cc1. The molecule has 0 unspecified atom stereocenters. The first kappa shape index (κ1) is 21.4. The number of benzene rings is 3. The Kier molecular flexibility index (Phi) is 6.90. The molecule has 0 aliphatic heterocycles. The van der Waals surface area contributed by atoms with Crippen molar-refractivity contribution in [3.63, 3.8) is 0 Å². The molecular weight excluding hydrogens is 394 g/mol. The van der Waals surface area contributed by atoms with Crippen molar-refractivity contribution in [2.24, 2.45) is 0 Å². The van der Waals surface area contributed by atoms with E-state index in [9.17, 15) is 19.7 Å². The fourth-order valence-electron chi connectivity index (χ4n) is 2.97. The largest absolute Gasteiger partial charge is 0.337 e. The first-order chi connectivity index (χ1) is 14.9. The van der Waals surface area contributed by atoms with Gasteiger partial charge in [0.2, 0.25) is 5.91 Å². The Hall–Kier alpha value is -4.26. The highest BCUT2D eigenvalue weighted by molar-refractivity contribution is 6.07. The minimum absolute atomic E-state index is 0.0198. The highest BCUT2D eigenvalue weighted by Crippen LogP contribution is 2.18. The summed E-state index contributed by atoms with van der Waals surface area (Å²) in [6.07, 6.45) is 2.86. The molecule has 0 spiro atoms. The summed E-state index contributed by atoms with van der Waals surface area (Å²) in [5.74, 6) is -0.622.